The number of anilines is 1. The average Bonchev–Trinajstić information content (AvgIpc) is 2.95. The first-order valence-electron chi connectivity index (χ1n) is 12.5. The highest BCUT2D eigenvalue weighted by Crippen LogP contribution is 2.71. The molecular weight excluding hydrogens is 446 g/mol. The zero-order chi connectivity index (χ0) is 25.1. The molecule has 6 nitrogen and oxygen atoms in total. The van der Waals surface area contributed by atoms with Crippen molar-refractivity contribution in [2.45, 2.75) is 115 Å². The van der Waals surface area contributed by atoms with Gasteiger partial charge in [0.05, 0.1) is 23.9 Å². The van der Waals surface area contributed by atoms with Crippen LogP contribution in [0, 0.1) is 0 Å². The van der Waals surface area contributed by atoms with Crippen LogP contribution in [-0.4, -0.2) is 38.0 Å². The van der Waals surface area contributed by atoms with E-state index in [4.69, 9.17) is 18.6 Å². The van der Waals surface area contributed by atoms with Gasteiger partial charge in [-0.25, -0.2) is 5.06 Å². The third-order valence-corrected chi connectivity index (χ3v) is 12.7. The lowest BCUT2D eigenvalue weighted by Gasteiger charge is -2.38. The van der Waals surface area contributed by atoms with Gasteiger partial charge in [-0.2, -0.15) is 0 Å². The molecule has 4 atom stereocenters. The summed E-state index contributed by atoms with van der Waals surface area (Å²) in [5, 5.41) is 15.1. The molecule has 2 saturated heterocycles. The SMILES string of the molecule is CC1(C)OC[C@H](c2ccc3c(c2N([O])C(C)(C)C)C2=C[C@@H](O[Si](C)(C)C(C)(C)C)C[C@@]24O[C@@H]34)O1. The number of hydrogen-bond acceptors (Lipinski definition) is 5. The number of benzene rings is 1. The van der Waals surface area contributed by atoms with Crippen molar-refractivity contribution in [2.75, 3.05) is 11.7 Å². The van der Waals surface area contributed by atoms with E-state index in [9.17, 15) is 5.21 Å². The predicted molar refractivity (Wildman–Crippen MR) is 134 cm³/mol. The van der Waals surface area contributed by atoms with Crippen LogP contribution >= 0.6 is 0 Å². The number of epoxide rings is 1. The molecule has 0 aromatic heterocycles. The Kier molecular flexibility index (Phi) is 5.16. The zero-order valence-corrected chi connectivity index (χ0v) is 23.4. The summed E-state index contributed by atoms with van der Waals surface area (Å²) in [4.78, 5) is 0. The summed E-state index contributed by atoms with van der Waals surface area (Å²) in [6.45, 7) is 21.5. The number of ether oxygens (including phenoxy) is 3. The van der Waals surface area contributed by atoms with Gasteiger partial charge < -0.3 is 18.6 Å². The molecule has 4 aliphatic rings. The molecular formula is C27H40NO5Si. The van der Waals surface area contributed by atoms with E-state index in [0.29, 0.717) is 12.3 Å². The van der Waals surface area contributed by atoms with Gasteiger partial charge in [0.1, 0.15) is 17.8 Å². The van der Waals surface area contributed by atoms with Gasteiger partial charge in [-0.1, -0.05) is 44.2 Å². The van der Waals surface area contributed by atoms with Crippen LogP contribution in [0.1, 0.15) is 90.7 Å². The Labute approximate surface area is 205 Å². The highest BCUT2D eigenvalue weighted by atomic mass is 28.4. The molecule has 0 unspecified atom stereocenters. The van der Waals surface area contributed by atoms with Gasteiger partial charge in [0.2, 0.25) is 0 Å². The van der Waals surface area contributed by atoms with Crippen molar-refractivity contribution in [3.8, 4) is 0 Å². The molecule has 1 spiro atoms. The first-order valence-corrected chi connectivity index (χ1v) is 15.4. The van der Waals surface area contributed by atoms with Crippen LogP contribution < -0.4 is 5.06 Å². The van der Waals surface area contributed by atoms with E-state index >= 15 is 0 Å². The summed E-state index contributed by atoms with van der Waals surface area (Å²) in [6.07, 6.45) is 2.77. The van der Waals surface area contributed by atoms with Crippen LogP contribution in [0.3, 0.4) is 0 Å². The molecule has 1 radical (unpaired) electrons. The molecule has 2 fully saturated rings. The van der Waals surface area contributed by atoms with E-state index in [1.54, 1.807) is 0 Å². The maximum Gasteiger partial charge on any atom is 0.192 e. The van der Waals surface area contributed by atoms with Gasteiger partial charge >= 0.3 is 0 Å². The molecule has 0 amide bonds. The van der Waals surface area contributed by atoms with Gasteiger partial charge in [-0.05, 0) is 63.9 Å². The van der Waals surface area contributed by atoms with Crippen molar-refractivity contribution >= 4 is 19.6 Å². The van der Waals surface area contributed by atoms with Gasteiger partial charge in [0.15, 0.2) is 14.1 Å². The minimum absolute atomic E-state index is 0.000112. The Balaban J connectivity index is 1.60. The van der Waals surface area contributed by atoms with E-state index in [1.165, 1.54) is 0 Å². The summed E-state index contributed by atoms with van der Waals surface area (Å²) >= 11 is 0. The molecule has 0 bridgehead atoms. The second kappa shape index (κ2) is 7.17. The Hall–Kier alpha value is -1.22. The van der Waals surface area contributed by atoms with Crippen molar-refractivity contribution in [3.05, 3.63) is 34.9 Å². The smallest absolute Gasteiger partial charge is 0.192 e. The number of rotatable bonds is 4. The van der Waals surface area contributed by atoms with E-state index in [1.807, 2.05) is 40.7 Å². The van der Waals surface area contributed by atoms with Crippen LogP contribution in [0.4, 0.5) is 5.69 Å². The molecule has 34 heavy (non-hydrogen) atoms. The Morgan fingerprint density at radius 1 is 1.06 bits per heavy atom. The maximum atomic E-state index is 13.8. The summed E-state index contributed by atoms with van der Waals surface area (Å²) < 4.78 is 25.2. The summed E-state index contributed by atoms with van der Waals surface area (Å²) in [7, 11) is -1.95. The van der Waals surface area contributed by atoms with E-state index in [0.717, 1.165) is 33.7 Å². The zero-order valence-electron chi connectivity index (χ0n) is 22.4. The third-order valence-electron chi connectivity index (χ3n) is 8.22. The van der Waals surface area contributed by atoms with Crippen molar-refractivity contribution in [1.29, 1.82) is 0 Å². The van der Waals surface area contributed by atoms with Crippen LogP contribution in [-0.2, 0) is 23.8 Å². The van der Waals surface area contributed by atoms with Crippen molar-refractivity contribution in [1.82, 2.24) is 0 Å². The van der Waals surface area contributed by atoms with Crippen molar-refractivity contribution in [3.63, 3.8) is 0 Å². The fourth-order valence-electron chi connectivity index (χ4n) is 5.35. The standard InChI is InChI=1S/C27H40NO5Si/c1-24(2,3)28(29)22-17(20-15-30-26(7,8)31-20)11-12-18-21(22)19-13-16(14-27(19)23(18)32-27)33-34(9,10)25(4,5)6/h11-13,16,20,23H,14-15H2,1-10H3/t16-,20-,23+,27-/m1/s1. The van der Waals surface area contributed by atoms with Gasteiger partial charge in [-0.15, -0.1) is 0 Å². The van der Waals surface area contributed by atoms with Crippen LogP contribution in [0.25, 0.3) is 5.57 Å². The van der Waals surface area contributed by atoms with E-state index < -0.39 is 19.6 Å². The first kappa shape index (κ1) is 24.5. The number of hydrogen-bond donors (Lipinski definition) is 0. The summed E-state index contributed by atoms with van der Waals surface area (Å²) in [5.74, 6) is -0.669. The fraction of sp³-hybridized carbons (Fsp3) is 0.704. The lowest BCUT2D eigenvalue weighted by molar-refractivity contribution is -0.139. The van der Waals surface area contributed by atoms with Crippen LogP contribution in [0.2, 0.25) is 18.1 Å². The second-order valence-electron chi connectivity index (χ2n) is 13.3. The highest BCUT2D eigenvalue weighted by Gasteiger charge is 2.69. The molecule has 0 saturated carbocycles. The second-order valence-corrected chi connectivity index (χ2v) is 18.1. The molecule has 1 aromatic rings. The quantitative estimate of drug-likeness (QED) is 0.277. The molecule has 0 N–H and O–H groups in total. The summed E-state index contributed by atoms with van der Waals surface area (Å²) in [5.41, 5.74) is 3.89. The normalized spacial score (nSPS) is 31.7. The van der Waals surface area contributed by atoms with E-state index in [2.05, 4.69) is 46.0 Å². The average molecular weight is 487 g/mol. The Bertz CT molecular complexity index is 1050. The minimum Gasteiger partial charge on any atom is -0.410 e. The number of fused-ring (bicyclic) bond motifs is 3. The van der Waals surface area contributed by atoms with Gasteiger partial charge in [0, 0.05) is 17.5 Å². The lowest BCUT2D eigenvalue weighted by atomic mass is 9.93. The first-order chi connectivity index (χ1) is 15.5. The lowest BCUT2D eigenvalue weighted by Crippen LogP contribution is -2.43. The monoisotopic (exact) mass is 486 g/mol. The third kappa shape index (κ3) is 3.62. The predicted octanol–water partition coefficient (Wildman–Crippen LogP) is 6.46. The largest absolute Gasteiger partial charge is 0.410 e. The molecule has 5 rings (SSSR count). The van der Waals surface area contributed by atoms with Gasteiger partial charge in [-0.3, -0.25) is 0 Å². The number of nitrogens with zero attached hydrogens (tertiary/aromatic N) is 1. The number of hydroxylamine groups is 1. The topological polar surface area (TPSA) is 63.4 Å². The molecule has 1 aromatic carbocycles. The van der Waals surface area contributed by atoms with E-state index in [-0.39, 0.29) is 29.0 Å². The Morgan fingerprint density at radius 3 is 2.26 bits per heavy atom. The highest BCUT2D eigenvalue weighted by molar-refractivity contribution is 6.74. The van der Waals surface area contributed by atoms with Crippen LogP contribution in [0.15, 0.2) is 18.2 Å². The fourth-order valence-corrected chi connectivity index (χ4v) is 6.61. The molecule has 2 aliphatic heterocycles. The van der Waals surface area contributed by atoms with Crippen LogP contribution in [0.5, 0.6) is 0 Å². The summed E-state index contributed by atoms with van der Waals surface area (Å²) in [6, 6.07) is 4.17. The van der Waals surface area contributed by atoms with Crippen molar-refractivity contribution < 1.29 is 23.8 Å². The maximum absolute atomic E-state index is 13.8. The molecule has 2 aliphatic carbocycles. The van der Waals surface area contributed by atoms with Crippen molar-refractivity contribution in [2.24, 2.45) is 0 Å². The molecule has 7 heteroatoms. The Morgan fingerprint density at radius 2 is 1.71 bits per heavy atom. The van der Waals surface area contributed by atoms with Gasteiger partial charge in [0.25, 0.3) is 0 Å². The molecule has 187 valence electrons. The minimum atomic E-state index is -1.95. The molecule has 2 heterocycles.